The molecular weight excluding hydrogens is 151 g/mol. The van der Waals surface area contributed by atoms with E-state index in [4.69, 9.17) is 0 Å². The third-order valence-corrected chi connectivity index (χ3v) is 1.82. The summed E-state index contributed by atoms with van der Waals surface area (Å²) in [5.74, 6) is 0.0652. The van der Waals surface area contributed by atoms with E-state index in [1.165, 1.54) is 0 Å². The zero-order chi connectivity index (χ0) is 7.56. The summed E-state index contributed by atoms with van der Waals surface area (Å²) >= 11 is 1.14. The standard InChI is InChI=1S/C6H9FN2S/c1-4(2)3-5-6(7)8-9-10-5/h4H,3H2,1-2H3. The molecule has 4 heteroatoms. The summed E-state index contributed by atoms with van der Waals surface area (Å²) in [5, 5.41) is 3.27. The van der Waals surface area contributed by atoms with E-state index in [1.807, 2.05) is 13.8 Å². The molecule has 0 saturated heterocycles. The first kappa shape index (κ1) is 7.60. The van der Waals surface area contributed by atoms with Gasteiger partial charge in [-0.1, -0.05) is 18.3 Å². The van der Waals surface area contributed by atoms with Crippen molar-refractivity contribution >= 4 is 11.5 Å². The molecule has 10 heavy (non-hydrogen) atoms. The molecule has 1 heterocycles. The van der Waals surface area contributed by atoms with Crippen LogP contribution in [0.3, 0.4) is 0 Å². The average molecular weight is 160 g/mol. The van der Waals surface area contributed by atoms with Crippen molar-refractivity contribution in [2.24, 2.45) is 5.92 Å². The molecule has 0 saturated carbocycles. The smallest absolute Gasteiger partial charge is 0.182 e. The number of halogens is 1. The number of hydrogen-bond acceptors (Lipinski definition) is 3. The number of nitrogens with zero attached hydrogens (tertiary/aromatic N) is 2. The van der Waals surface area contributed by atoms with Gasteiger partial charge in [0.2, 0.25) is 5.95 Å². The Kier molecular flexibility index (Phi) is 2.32. The monoisotopic (exact) mass is 160 g/mol. The van der Waals surface area contributed by atoms with Crippen molar-refractivity contribution in [3.05, 3.63) is 10.8 Å². The number of rotatable bonds is 2. The Balaban J connectivity index is 2.65. The predicted octanol–water partition coefficient (Wildman–Crippen LogP) is 1.88. The molecule has 0 aliphatic rings. The minimum absolute atomic E-state index is 0.404. The zero-order valence-electron chi connectivity index (χ0n) is 5.97. The highest BCUT2D eigenvalue weighted by Gasteiger charge is 2.07. The minimum atomic E-state index is -0.404. The van der Waals surface area contributed by atoms with Gasteiger partial charge >= 0.3 is 0 Å². The van der Waals surface area contributed by atoms with Gasteiger partial charge in [-0.05, 0) is 23.9 Å². The van der Waals surface area contributed by atoms with Gasteiger partial charge in [-0.2, -0.15) is 4.39 Å². The van der Waals surface area contributed by atoms with Crippen LogP contribution in [0.1, 0.15) is 18.7 Å². The molecule has 0 N–H and O–H groups in total. The molecule has 1 aromatic heterocycles. The molecule has 0 fully saturated rings. The van der Waals surface area contributed by atoms with E-state index in [2.05, 4.69) is 9.59 Å². The van der Waals surface area contributed by atoms with E-state index < -0.39 is 5.95 Å². The van der Waals surface area contributed by atoms with Gasteiger partial charge in [-0.3, -0.25) is 0 Å². The van der Waals surface area contributed by atoms with Crippen molar-refractivity contribution in [3.8, 4) is 0 Å². The van der Waals surface area contributed by atoms with E-state index in [1.54, 1.807) is 0 Å². The molecule has 1 aromatic rings. The molecular formula is C6H9FN2S. The lowest BCUT2D eigenvalue weighted by molar-refractivity contribution is 0.547. The van der Waals surface area contributed by atoms with Gasteiger partial charge in [0.25, 0.3) is 0 Å². The van der Waals surface area contributed by atoms with Crippen molar-refractivity contribution in [1.29, 1.82) is 0 Å². The lowest BCUT2D eigenvalue weighted by Crippen LogP contribution is -1.93. The van der Waals surface area contributed by atoms with Crippen molar-refractivity contribution in [3.63, 3.8) is 0 Å². The van der Waals surface area contributed by atoms with E-state index in [-0.39, 0.29) is 0 Å². The molecule has 2 nitrogen and oxygen atoms in total. The Morgan fingerprint density at radius 3 is 2.70 bits per heavy atom. The first-order valence-corrected chi connectivity index (χ1v) is 3.94. The maximum atomic E-state index is 12.5. The van der Waals surface area contributed by atoms with Gasteiger partial charge in [-0.15, -0.1) is 5.10 Å². The lowest BCUT2D eigenvalue weighted by Gasteiger charge is -1.97. The summed E-state index contributed by atoms with van der Waals surface area (Å²) < 4.78 is 16.0. The summed E-state index contributed by atoms with van der Waals surface area (Å²) in [5.41, 5.74) is 0. The van der Waals surface area contributed by atoms with Crippen LogP contribution in [0.25, 0.3) is 0 Å². The van der Waals surface area contributed by atoms with Gasteiger partial charge in [0.05, 0.1) is 4.88 Å². The number of aromatic nitrogens is 2. The second-order valence-electron chi connectivity index (χ2n) is 2.58. The zero-order valence-corrected chi connectivity index (χ0v) is 6.78. The predicted molar refractivity (Wildman–Crippen MR) is 38.4 cm³/mol. The normalized spacial score (nSPS) is 10.8. The molecule has 0 radical (unpaired) electrons. The van der Waals surface area contributed by atoms with Gasteiger partial charge in [0.1, 0.15) is 0 Å². The van der Waals surface area contributed by atoms with E-state index in [0.717, 1.165) is 18.0 Å². The van der Waals surface area contributed by atoms with Crippen molar-refractivity contribution < 1.29 is 4.39 Å². The van der Waals surface area contributed by atoms with Crippen molar-refractivity contribution in [2.45, 2.75) is 20.3 Å². The maximum Gasteiger partial charge on any atom is 0.248 e. The van der Waals surface area contributed by atoms with Crippen LogP contribution in [-0.2, 0) is 6.42 Å². The van der Waals surface area contributed by atoms with Gasteiger partial charge in [0.15, 0.2) is 0 Å². The van der Waals surface area contributed by atoms with Crippen molar-refractivity contribution in [2.75, 3.05) is 0 Å². The molecule has 0 aliphatic carbocycles. The molecule has 1 rings (SSSR count). The van der Waals surface area contributed by atoms with Gasteiger partial charge in [0, 0.05) is 0 Å². The van der Waals surface area contributed by atoms with E-state index >= 15 is 0 Å². The fourth-order valence-corrected chi connectivity index (χ4v) is 1.43. The van der Waals surface area contributed by atoms with E-state index in [9.17, 15) is 4.39 Å². The lowest BCUT2D eigenvalue weighted by atomic mass is 10.1. The van der Waals surface area contributed by atoms with Crippen LogP contribution >= 0.6 is 11.5 Å². The SMILES string of the molecule is CC(C)Cc1snnc1F. The van der Waals surface area contributed by atoms with Gasteiger partial charge < -0.3 is 0 Å². The first-order valence-electron chi connectivity index (χ1n) is 3.17. The second kappa shape index (κ2) is 3.05. The quantitative estimate of drug-likeness (QED) is 0.660. The minimum Gasteiger partial charge on any atom is -0.182 e. The summed E-state index contributed by atoms with van der Waals surface area (Å²) in [6.45, 7) is 4.08. The van der Waals surface area contributed by atoms with Crippen LogP contribution < -0.4 is 0 Å². The Morgan fingerprint density at radius 1 is 1.60 bits per heavy atom. The van der Waals surface area contributed by atoms with E-state index in [0.29, 0.717) is 10.8 Å². The Hall–Kier alpha value is -0.510. The maximum absolute atomic E-state index is 12.5. The van der Waals surface area contributed by atoms with Crippen LogP contribution in [0.2, 0.25) is 0 Å². The highest BCUT2D eigenvalue weighted by Crippen LogP contribution is 2.13. The van der Waals surface area contributed by atoms with Crippen LogP contribution in [-0.4, -0.2) is 9.59 Å². The fraction of sp³-hybridized carbons (Fsp3) is 0.667. The first-order chi connectivity index (χ1) is 4.70. The van der Waals surface area contributed by atoms with Crippen molar-refractivity contribution in [1.82, 2.24) is 9.59 Å². The topological polar surface area (TPSA) is 25.8 Å². The van der Waals surface area contributed by atoms with Crippen LogP contribution in [0, 0.1) is 11.9 Å². The molecule has 0 spiro atoms. The Labute approximate surface area is 63.2 Å². The second-order valence-corrected chi connectivity index (χ2v) is 3.42. The van der Waals surface area contributed by atoms with Crippen LogP contribution in [0.15, 0.2) is 0 Å². The summed E-state index contributed by atoms with van der Waals surface area (Å²) in [6.07, 6.45) is 0.740. The molecule has 0 aliphatic heterocycles. The highest BCUT2D eigenvalue weighted by molar-refractivity contribution is 7.05. The molecule has 0 bridgehead atoms. The summed E-state index contributed by atoms with van der Waals surface area (Å²) in [7, 11) is 0. The summed E-state index contributed by atoms with van der Waals surface area (Å²) in [6, 6.07) is 0. The Bertz CT molecular complexity index is 209. The van der Waals surface area contributed by atoms with Gasteiger partial charge in [-0.25, -0.2) is 0 Å². The fourth-order valence-electron chi connectivity index (χ4n) is 0.691. The molecule has 0 unspecified atom stereocenters. The van der Waals surface area contributed by atoms with Crippen LogP contribution in [0.4, 0.5) is 4.39 Å². The molecule has 0 atom stereocenters. The highest BCUT2D eigenvalue weighted by atomic mass is 32.1. The molecule has 0 aromatic carbocycles. The third kappa shape index (κ3) is 1.73. The third-order valence-electron chi connectivity index (χ3n) is 1.10. The Morgan fingerprint density at radius 2 is 2.30 bits per heavy atom. The largest absolute Gasteiger partial charge is 0.248 e. The molecule has 0 amide bonds. The average Bonchev–Trinajstić information content (AvgIpc) is 2.15. The molecule has 56 valence electrons. The van der Waals surface area contributed by atoms with Crippen LogP contribution in [0.5, 0.6) is 0 Å². The number of hydrogen-bond donors (Lipinski definition) is 0. The summed E-state index contributed by atoms with van der Waals surface area (Å²) in [4.78, 5) is 0.662.